The molecular weight excluding hydrogens is 180 g/mol. The summed E-state index contributed by atoms with van der Waals surface area (Å²) in [5.41, 5.74) is 3.73. The van der Waals surface area contributed by atoms with Gasteiger partial charge in [0.25, 0.3) is 0 Å². The molecule has 0 heteroatoms. The van der Waals surface area contributed by atoms with Crippen molar-refractivity contribution >= 4 is 0 Å². The Kier molecular flexibility index (Phi) is 2.79. The Labute approximate surface area is 94.5 Å². The average Bonchev–Trinajstić information content (AvgIpc) is 2.53. The number of hydrogen-bond donors (Lipinski definition) is 0. The Morgan fingerprint density at radius 1 is 1.27 bits per heavy atom. The number of allylic oxidation sites excluding steroid dienone is 4. The van der Waals surface area contributed by atoms with E-state index >= 15 is 0 Å². The standard InChI is InChI=1S/C15H24/c1-11(2)14-6-5-13(4)15(10-14)8-7-12(3)9-15/h9-11,13H,5-8H2,1-4H3/t13-,15+/m0/s1. The first-order chi connectivity index (χ1) is 7.03. The monoisotopic (exact) mass is 204 g/mol. The zero-order valence-electron chi connectivity index (χ0n) is 10.6. The predicted molar refractivity (Wildman–Crippen MR) is 66.7 cm³/mol. The van der Waals surface area contributed by atoms with E-state index in [1.807, 2.05) is 0 Å². The fourth-order valence-electron chi connectivity index (χ4n) is 3.19. The molecule has 2 atom stereocenters. The minimum atomic E-state index is 0.432. The molecule has 2 aliphatic carbocycles. The first-order valence-electron chi connectivity index (χ1n) is 6.43. The molecule has 2 rings (SSSR count). The molecule has 0 aliphatic heterocycles. The maximum atomic E-state index is 2.61. The van der Waals surface area contributed by atoms with Crippen molar-refractivity contribution in [2.45, 2.75) is 53.4 Å². The van der Waals surface area contributed by atoms with Crippen LogP contribution < -0.4 is 0 Å². The van der Waals surface area contributed by atoms with Crippen LogP contribution in [-0.4, -0.2) is 0 Å². The van der Waals surface area contributed by atoms with Crippen LogP contribution in [-0.2, 0) is 0 Å². The van der Waals surface area contributed by atoms with Crippen molar-refractivity contribution in [1.29, 1.82) is 0 Å². The molecule has 0 bridgehead atoms. The predicted octanol–water partition coefficient (Wildman–Crippen LogP) is 4.73. The third-order valence-corrected chi connectivity index (χ3v) is 4.45. The first kappa shape index (κ1) is 11.0. The summed E-state index contributed by atoms with van der Waals surface area (Å²) < 4.78 is 0. The van der Waals surface area contributed by atoms with Gasteiger partial charge in [-0.15, -0.1) is 0 Å². The lowest BCUT2D eigenvalue weighted by Gasteiger charge is -2.37. The van der Waals surface area contributed by atoms with E-state index in [1.54, 1.807) is 11.1 Å². The molecule has 0 aromatic rings. The topological polar surface area (TPSA) is 0 Å². The third-order valence-electron chi connectivity index (χ3n) is 4.45. The van der Waals surface area contributed by atoms with Crippen LogP contribution in [0.1, 0.15) is 53.4 Å². The van der Waals surface area contributed by atoms with Crippen LogP contribution >= 0.6 is 0 Å². The largest absolute Gasteiger partial charge is 0.0764 e. The van der Waals surface area contributed by atoms with E-state index in [4.69, 9.17) is 0 Å². The van der Waals surface area contributed by atoms with Gasteiger partial charge in [-0.2, -0.15) is 0 Å². The van der Waals surface area contributed by atoms with Gasteiger partial charge in [-0.1, -0.05) is 44.1 Å². The second-order valence-electron chi connectivity index (χ2n) is 5.92. The van der Waals surface area contributed by atoms with Crippen LogP contribution in [0.2, 0.25) is 0 Å². The Hall–Kier alpha value is -0.520. The molecule has 0 radical (unpaired) electrons. The quantitative estimate of drug-likeness (QED) is 0.542. The molecule has 15 heavy (non-hydrogen) atoms. The highest BCUT2D eigenvalue weighted by Gasteiger charge is 2.38. The molecule has 0 saturated carbocycles. The van der Waals surface area contributed by atoms with Crippen LogP contribution in [0, 0.1) is 17.3 Å². The lowest BCUT2D eigenvalue weighted by atomic mass is 9.67. The van der Waals surface area contributed by atoms with E-state index in [2.05, 4.69) is 39.8 Å². The summed E-state index contributed by atoms with van der Waals surface area (Å²) in [6.07, 6.45) is 10.5. The molecule has 84 valence electrons. The molecule has 1 spiro atoms. The summed E-state index contributed by atoms with van der Waals surface area (Å²) in [6.45, 7) is 9.39. The second-order valence-corrected chi connectivity index (χ2v) is 5.92. The molecule has 0 N–H and O–H groups in total. The van der Waals surface area contributed by atoms with Crippen molar-refractivity contribution in [2.24, 2.45) is 17.3 Å². The zero-order chi connectivity index (χ0) is 11.1. The lowest BCUT2D eigenvalue weighted by molar-refractivity contribution is 0.274. The van der Waals surface area contributed by atoms with E-state index in [0.29, 0.717) is 5.41 Å². The van der Waals surface area contributed by atoms with E-state index < -0.39 is 0 Å². The SMILES string of the molecule is CC1=C[C@@]2(C=C(C(C)C)CC[C@@H]2C)CC1. The highest BCUT2D eigenvalue weighted by atomic mass is 14.4. The van der Waals surface area contributed by atoms with Crippen molar-refractivity contribution in [3.8, 4) is 0 Å². The molecule has 0 aromatic carbocycles. The highest BCUT2D eigenvalue weighted by Crippen LogP contribution is 2.49. The van der Waals surface area contributed by atoms with Crippen LogP contribution in [0.25, 0.3) is 0 Å². The lowest BCUT2D eigenvalue weighted by Crippen LogP contribution is -2.27. The molecule has 0 amide bonds. The summed E-state index contributed by atoms with van der Waals surface area (Å²) in [5, 5.41) is 0. The average molecular weight is 204 g/mol. The number of hydrogen-bond acceptors (Lipinski definition) is 0. The van der Waals surface area contributed by atoms with E-state index in [-0.39, 0.29) is 0 Å². The molecule has 0 heterocycles. The van der Waals surface area contributed by atoms with Gasteiger partial charge in [0, 0.05) is 5.41 Å². The van der Waals surface area contributed by atoms with Crippen molar-refractivity contribution in [1.82, 2.24) is 0 Å². The molecular formula is C15H24. The summed E-state index contributed by atoms with van der Waals surface area (Å²) in [7, 11) is 0. The van der Waals surface area contributed by atoms with Gasteiger partial charge < -0.3 is 0 Å². The van der Waals surface area contributed by atoms with Crippen LogP contribution in [0.3, 0.4) is 0 Å². The molecule has 0 fully saturated rings. The van der Waals surface area contributed by atoms with E-state index in [1.165, 1.54) is 25.7 Å². The van der Waals surface area contributed by atoms with Crippen LogP contribution in [0.5, 0.6) is 0 Å². The van der Waals surface area contributed by atoms with Gasteiger partial charge in [0.2, 0.25) is 0 Å². The Bertz CT molecular complexity index is 306. The Morgan fingerprint density at radius 3 is 2.53 bits per heavy atom. The maximum absolute atomic E-state index is 2.61. The van der Waals surface area contributed by atoms with Crippen LogP contribution in [0.15, 0.2) is 23.3 Å². The van der Waals surface area contributed by atoms with Gasteiger partial charge >= 0.3 is 0 Å². The van der Waals surface area contributed by atoms with Gasteiger partial charge in [0.15, 0.2) is 0 Å². The first-order valence-corrected chi connectivity index (χ1v) is 6.43. The smallest absolute Gasteiger partial charge is 0.00950 e. The fourth-order valence-corrected chi connectivity index (χ4v) is 3.19. The van der Waals surface area contributed by atoms with Crippen molar-refractivity contribution < 1.29 is 0 Å². The zero-order valence-corrected chi connectivity index (χ0v) is 10.6. The van der Waals surface area contributed by atoms with Crippen molar-refractivity contribution in [2.75, 3.05) is 0 Å². The summed E-state index contributed by atoms with van der Waals surface area (Å²) in [6, 6.07) is 0. The molecule has 0 unspecified atom stereocenters. The maximum Gasteiger partial charge on any atom is 0.00950 e. The van der Waals surface area contributed by atoms with Gasteiger partial charge in [0.05, 0.1) is 0 Å². The highest BCUT2D eigenvalue weighted by molar-refractivity contribution is 5.29. The molecule has 2 aliphatic rings. The minimum absolute atomic E-state index is 0.432. The Morgan fingerprint density at radius 2 is 2.00 bits per heavy atom. The summed E-state index contributed by atoms with van der Waals surface area (Å²) in [4.78, 5) is 0. The second kappa shape index (κ2) is 3.81. The van der Waals surface area contributed by atoms with Gasteiger partial charge in [0.1, 0.15) is 0 Å². The van der Waals surface area contributed by atoms with Gasteiger partial charge in [-0.3, -0.25) is 0 Å². The minimum Gasteiger partial charge on any atom is -0.0764 e. The molecule has 0 saturated heterocycles. The van der Waals surface area contributed by atoms with Crippen molar-refractivity contribution in [3.63, 3.8) is 0 Å². The molecule has 0 nitrogen and oxygen atoms in total. The molecule has 0 aromatic heterocycles. The Balaban J connectivity index is 2.33. The fraction of sp³-hybridized carbons (Fsp3) is 0.733. The van der Waals surface area contributed by atoms with Gasteiger partial charge in [-0.25, -0.2) is 0 Å². The van der Waals surface area contributed by atoms with E-state index in [0.717, 1.165) is 11.8 Å². The van der Waals surface area contributed by atoms with E-state index in [9.17, 15) is 0 Å². The number of rotatable bonds is 1. The normalized spacial score (nSPS) is 35.9. The van der Waals surface area contributed by atoms with Crippen molar-refractivity contribution in [3.05, 3.63) is 23.3 Å². The third kappa shape index (κ3) is 1.91. The summed E-state index contributed by atoms with van der Waals surface area (Å²) in [5.74, 6) is 1.58. The van der Waals surface area contributed by atoms with Gasteiger partial charge in [-0.05, 0) is 44.4 Å². The van der Waals surface area contributed by atoms with Crippen LogP contribution in [0.4, 0.5) is 0 Å². The summed E-state index contributed by atoms with van der Waals surface area (Å²) >= 11 is 0.